The second-order valence-electron chi connectivity index (χ2n) is 8.29. The summed E-state index contributed by atoms with van der Waals surface area (Å²) in [7, 11) is 0. The number of aliphatic carboxylic acids is 1. The molecule has 4 aliphatic rings. The Balaban J connectivity index is 0.000000193. The van der Waals surface area contributed by atoms with Crippen LogP contribution in [0.3, 0.4) is 0 Å². The summed E-state index contributed by atoms with van der Waals surface area (Å²) in [4.78, 5) is 22.1. The SMILES string of the molecule is CCSCC(OC(=O)[C@@H](C)CS)C(=O)O.NC12CC3CC(CC(C3)C1)C2. The molecule has 0 amide bonds. The zero-order valence-corrected chi connectivity index (χ0v) is 17.6. The minimum Gasteiger partial charge on any atom is -0.478 e. The number of carboxylic acids is 1. The van der Waals surface area contributed by atoms with E-state index in [4.69, 9.17) is 15.6 Å². The normalized spacial score (nSPS) is 33.8. The maximum absolute atomic E-state index is 11.3. The van der Waals surface area contributed by atoms with Gasteiger partial charge < -0.3 is 15.6 Å². The van der Waals surface area contributed by atoms with Crippen LogP contribution in [0.2, 0.25) is 0 Å². The number of carboxylic acid groups (broad SMARTS) is 1. The molecule has 4 rings (SSSR count). The number of thioether (sulfide) groups is 1. The highest BCUT2D eigenvalue weighted by atomic mass is 32.2. The van der Waals surface area contributed by atoms with Crippen LogP contribution in [0.5, 0.6) is 0 Å². The largest absolute Gasteiger partial charge is 0.478 e. The monoisotopic (exact) mass is 403 g/mol. The van der Waals surface area contributed by atoms with Crippen molar-refractivity contribution in [3.8, 4) is 0 Å². The highest BCUT2D eigenvalue weighted by Crippen LogP contribution is 2.54. The molecule has 5 nitrogen and oxygen atoms in total. The predicted molar refractivity (Wildman–Crippen MR) is 109 cm³/mol. The van der Waals surface area contributed by atoms with Crippen LogP contribution in [0.25, 0.3) is 0 Å². The minimum atomic E-state index is -1.10. The highest BCUT2D eigenvalue weighted by molar-refractivity contribution is 7.99. The van der Waals surface area contributed by atoms with Crippen LogP contribution in [0.1, 0.15) is 52.4 Å². The van der Waals surface area contributed by atoms with Crippen molar-refractivity contribution >= 4 is 36.3 Å². The quantitative estimate of drug-likeness (QED) is 0.447. The molecule has 150 valence electrons. The zero-order valence-electron chi connectivity index (χ0n) is 15.9. The summed E-state index contributed by atoms with van der Waals surface area (Å²) in [5.41, 5.74) is 6.62. The van der Waals surface area contributed by atoms with E-state index >= 15 is 0 Å². The fraction of sp³-hybridized carbons (Fsp3) is 0.895. The Bertz CT molecular complexity index is 465. The standard InChI is InChI=1S/C10H17N.C9H16O4S2/c11-10-4-7-1-8(5-10)3-9(2-7)6-10;1-3-15-5-7(8(10)11)13-9(12)6(2)4-14/h7-9H,1-6,11H2;6-7,14H,3-5H2,1-2H3,(H,10,11)/t;6-,7?/m.0/s1. The van der Waals surface area contributed by atoms with Crippen molar-refractivity contribution in [1.29, 1.82) is 0 Å². The molecule has 0 aromatic rings. The molecule has 0 aromatic carbocycles. The van der Waals surface area contributed by atoms with Crippen LogP contribution >= 0.6 is 24.4 Å². The van der Waals surface area contributed by atoms with Crippen molar-refractivity contribution < 1.29 is 19.4 Å². The Labute approximate surface area is 166 Å². The summed E-state index contributed by atoms with van der Waals surface area (Å²) in [6.45, 7) is 3.57. The summed E-state index contributed by atoms with van der Waals surface area (Å²) < 4.78 is 4.86. The topological polar surface area (TPSA) is 89.6 Å². The Morgan fingerprint density at radius 1 is 1.23 bits per heavy atom. The summed E-state index contributed by atoms with van der Waals surface area (Å²) in [5.74, 6) is 2.52. The maximum Gasteiger partial charge on any atom is 0.345 e. The average Bonchev–Trinajstić information content (AvgIpc) is 2.55. The van der Waals surface area contributed by atoms with Crippen molar-refractivity contribution in [1.82, 2.24) is 0 Å². The number of rotatable bonds is 7. The van der Waals surface area contributed by atoms with Gasteiger partial charge >= 0.3 is 11.9 Å². The zero-order chi connectivity index (χ0) is 19.3. The van der Waals surface area contributed by atoms with E-state index < -0.39 is 18.0 Å². The number of nitrogens with two attached hydrogens (primary N) is 1. The molecule has 0 spiro atoms. The third kappa shape index (κ3) is 6.06. The molecule has 3 N–H and O–H groups in total. The first-order valence-electron chi connectivity index (χ1n) is 9.67. The van der Waals surface area contributed by atoms with Crippen LogP contribution in [0.15, 0.2) is 0 Å². The lowest BCUT2D eigenvalue weighted by atomic mass is 9.53. The van der Waals surface area contributed by atoms with E-state index in [9.17, 15) is 9.59 Å². The van der Waals surface area contributed by atoms with Gasteiger partial charge in [-0.15, -0.1) is 0 Å². The van der Waals surface area contributed by atoms with Gasteiger partial charge in [0.1, 0.15) is 0 Å². The number of hydrogen-bond donors (Lipinski definition) is 3. The molecule has 0 radical (unpaired) electrons. The molecular weight excluding hydrogens is 370 g/mol. The molecule has 4 saturated carbocycles. The fourth-order valence-electron chi connectivity index (χ4n) is 4.89. The van der Waals surface area contributed by atoms with Gasteiger partial charge in [-0.2, -0.15) is 24.4 Å². The van der Waals surface area contributed by atoms with E-state index in [2.05, 4.69) is 12.6 Å². The number of hydrogen-bond acceptors (Lipinski definition) is 6. The molecule has 0 saturated heterocycles. The van der Waals surface area contributed by atoms with Crippen molar-refractivity contribution in [2.45, 2.75) is 64.0 Å². The molecule has 0 aliphatic heterocycles. The first kappa shape index (κ1) is 21.9. The Morgan fingerprint density at radius 2 is 1.73 bits per heavy atom. The van der Waals surface area contributed by atoms with Gasteiger partial charge in [-0.25, -0.2) is 4.79 Å². The van der Waals surface area contributed by atoms with Gasteiger partial charge in [0.05, 0.1) is 5.92 Å². The molecule has 0 aromatic heterocycles. The first-order chi connectivity index (χ1) is 12.3. The van der Waals surface area contributed by atoms with E-state index in [1.807, 2.05) is 6.92 Å². The number of ether oxygens (including phenoxy) is 1. The van der Waals surface area contributed by atoms with Crippen molar-refractivity contribution in [2.24, 2.45) is 29.4 Å². The van der Waals surface area contributed by atoms with Gasteiger partial charge in [0.2, 0.25) is 6.10 Å². The van der Waals surface area contributed by atoms with Crippen LogP contribution in [0, 0.1) is 23.7 Å². The maximum atomic E-state index is 11.3. The van der Waals surface area contributed by atoms with Crippen LogP contribution in [-0.4, -0.2) is 45.9 Å². The number of thiol groups is 1. The summed E-state index contributed by atoms with van der Waals surface area (Å²) in [5, 5.41) is 8.79. The smallest absolute Gasteiger partial charge is 0.345 e. The van der Waals surface area contributed by atoms with Gasteiger partial charge in [-0.3, -0.25) is 4.79 Å². The van der Waals surface area contributed by atoms with Crippen molar-refractivity contribution in [3.63, 3.8) is 0 Å². The van der Waals surface area contributed by atoms with Gasteiger partial charge in [0, 0.05) is 17.0 Å². The molecule has 7 heteroatoms. The third-order valence-corrected chi connectivity index (χ3v) is 7.26. The predicted octanol–water partition coefficient (Wildman–Crippen LogP) is 3.22. The molecule has 4 bridgehead atoms. The molecule has 2 atom stereocenters. The van der Waals surface area contributed by atoms with Crippen molar-refractivity contribution in [3.05, 3.63) is 0 Å². The van der Waals surface area contributed by atoms with Gasteiger partial charge in [-0.05, 0) is 62.0 Å². The lowest BCUT2D eigenvalue weighted by Gasteiger charge is -2.55. The minimum absolute atomic E-state index is 0.289. The summed E-state index contributed by atoms with van der Waals surface area (Å²) in [6.07, 6.45) is 7.52. The average molecular weight is 404 g/mol. The Morgan fingerprint density at radius 3 is 2.08 bits per heavy atom. The van der Waals surface area contributed by atoms with E-state index in [0.717, 1.165) is 23.5 Å². The van der Waals surface area contributed by atoms with Gasteiger partial charge in [0.25, 0.3) is 0 Å². The Hall–Kier alpha value is -0.400. The summed E-state index contributed by atoms with van der Waals surface area (Å²) >= 11 is 5.37. The lowest BCUT2D eigenvalue weighted by molar-refractivity contribution is -0.164. The highest BCUT2D eigenvalue weighted by Gasteiger charge is 2.48. The molecule has 4 fully saturated rings. The molecule has 4 aliphatic carbocycles. The second-order valence-corrected chi connectivity index (χ2v) is 9.97. The molecule has 0 heterocycles. The number of esters is 1. The lowest BCUT2D eigenvalue weighted by Crippen LogP contribution is -2.55. The molecular formula is C19H33NO4S2. The first-order valence-corrected chi connectivity index (χ1v) is 11.5. The van der Waals surface area contributed by atoms with E-state index in [1.54, 1.807) is 6.92 Å². The van der Waals surface area contributed by atoms with Crippen LogP contribution in [-0.2, 0) is 14.3 Å². The van der Waals surface area contributed by atoms with Gasteiger partial charge in [-0.1, -0.05) is 13.8 Å². The van der Waals surface area contributed by atoms with Gasteiger partial charge in [0.15, 0.2) is 0 Å². The van der Waals surface area contributed by atoms with Crippen LogP contribution in [0.4, 0.5) is 0 Å². The van der Waals surface area contributed by atoms with Crippen LogP contribution < -0.4 is 5.73 Å². The van der Waals surface area contributed by atoms with E-state index in [-0.39, 0.29) is 11.7 Å². The third-order valence-electron chi connectivity index (χ3n) is 5.77. The second kappa shape index (κ2) is 9.69. The van der Waals surface area contributed by atoms with Crippen molar-refractivity contribution in [2.75, 3.05) is 17.3 Å². The van der Waals surface area contributed by atoms with E-state index in [0.29, 0.717) is 11.3 Å². The fourth-order valence-corrected chi connectivity index (χ4v) is 5.70. The summed E-state index contributed by atoms with van der Waals surface area (Å²) in [6, 6.07) is 0. The number of carbonyl (C=O) groups excluding carboxylic acids is 1. The Kier molecular flexibility index (Phi) is 8.16. The molecule has 26 heavy (non-hydrogen) atoms. The van der Waals surface area contributed by atoms with E-state index in [1.165, 1.54) is 50.3 Å². The molecule has 1 unspecified atom stereocenters. The number of carbonyl (C=O) groups is 2.